The van der Waals surface area contributed by atoms with Gasteiger partial charge in [-0.1, -0.05) is 19.9 Å². The van der Waals surface area contributed by atoms with E-state index in [1.165, 1.54) is 23.5 Å². The predicted molar refractivity (Wildman–Crippen MR) is 129 cm³/mol. The van der Waals surface area contributed by atoms with Gasteiger partial charge in [-0.05, 0) is 67.1 Å². The first kappa shape index (κ1) is 23.2. The second kappa shape index (κ2) is 9.11. The van der Waals surface area contributed by atoms with Gasteiger partial charge in [0, 0.05) is 30.2 Å². The summed E-state index contributed by atoms with van der Waals surface area (Å²) in [6.45, 7) is 6.98. The molecule has 3 aromatic rings. The molecule has 0 saturated carbocycles. The number of benzene rings is 2. The van der Waals surface area contributed by atoms with Crippen molar-refractivity contribution < 1.29 is 17.9 Å². The minimum atomic E-state index is -3.82. The van der Waals surface area contributed by atoms with Crippen LogP contribution in [0.4, 0.5) is 5.69 Å². The van der Waals surface area contributed by atoms with Crippen molar-refractivity contribution in [1.82, 2.24) is 9.29 Å². The molecule has 1 amide bonds. The van der Waals surface area contributed by atoms with E-state index in [1.54, 1.807) is 12.3 Å². The highest BCUT2D eigenvalue weighted by Gasteiger charge is 2.34. The van der Waals surface area contributed by atoms with Crippen molar-refractivity contribution in [2.45, 2.75) is 32.1 Å². The number of nitrogens with one attached hydrogen (secondary N) is 1. The van der Waals surface area contributed by atoms with Gasteiger partial charge in [-0.3, -0.25) is 9.78 Å². The topological polar surface area (TPSA) is 88.6 Å². The number of ether oxygens (including phenoxy) is 1. The lowest BCUT2D eigenvalue weighted by molar-refractivity contribution is 0.102. The highest BCUT2D eigenvalue weighted by molar-refractivity contribution is 7.89. The van der Waals surface area contributed by atoms with Gasteiger partial charge >= 0.3 is 0 Å². The third-order valence-electron chi connectivity index (χ3n) is 6.10. The largest absolute Gasteiger partial charge is 0.495 e. The minimum absolute atomic E-state index is 0.00869. The maximum Gasteiger partial charge on any atom is 0.255 e. The predicted octanol–water partition coefficient (Wildman–Crippen LogP) is 4.47. The number of sulfonamides is 1. The van der Waals surface area contributed by atoms with Crippen molar-refractivity contribution in [1.29, 1.82) is 0 Å². The van der Waals surface area contributed by atoms with E-state index in [9.17, 15) is 13.2 Å². The SMILES string of the molecule is COc1ccc(C(=O)Nc2ccc(C)c3ncccc23)cc1S(=O)(=O)N1CC(C)CC(C)C1. The first-order chi connectivity index (χ1) is 15.7. The number of anilines is 1. The number of piperidine rings is 1. The quantitative estimate of drug-likeness (QED) is 0.598. The molecule has 0 bridgehead atoms. The van der Waals surface area contributed by atoms with E-state index in [-0.39, 0.29) is 28.0 Å². The number of hydrogen-bond donors (Lipinski definition) is 1. The second-order valence-corrected chi connectivity index (χ2v) is 10.8. The van der Waals surface area contributed by atoms with Crippen LogP contribution in [0.2, 0.25) is 0 Å². The van der Waals surface area contributed by atoms with Crippen LogP contribution in [-0.4, -0.2) is 43.8 Å². The Hall–Kier alpha value is -2.97. The molecule has 8 heteroatoms. The summed E-state index contributed by atoms with van der Waals surface area (Å²) >= 11 is 0. The maximum absolute atomic E-state index is 13.5. The molecule has 1 aromatic heterocycles. The molecule has 1 aliphatic rings. The van der Waals surface area contributed by atoms with E-state index >= 15 is 0 Å². The van der Waals surface area contributed by atoms with Crippen molar-refractivity contribution in [3.05, 3.63) is 59.8 Å². The first-order valence-corrected chi connectivity index (χ1v) is 12.5. The lowest BCUT2D eigenvalue weighted by Crippen LogP contribution is -2.42. The molecule has 2 unspecified atom stereocenters. The summed E-state index contributed by atoms with van der Waals surface area (Å²) in [4.78, 5) is 17.5. The van der Waals surface area contributed by atoms with Crippen molar-refractivity contribution in [2.24, 2.45) is 11.8 Å². The number of pyridine rings is 1. The second-order valence-electron chi connectivity index (χ2n) is 8.92. The number of hydrogen-bond acceptors (Lipinski definition) is 5. The van der Waals surface area contributed by atoms with Gasteiger partial charge in [-0.25, -0.2) is 8.42 Å². The molecular formula is C25H29N3O4S. The standard InChI is InChI=1S/C25H29N3O4S/c1-16-12-17(2)15-28(14-16)33(30,31)23-13-19(8-10-22(23)32-4)25(29)27-21-9-7-18(3)24-20(21)6-5-11-26-24/h5-11,13,16-17H,12,14-15H2,1-4H3,(H,27,29). The minimum Gasteiger partial charge on any atom is -0.495 e. The summed E-state index contributed by atoms with van der Waals surface area (Å²) in [6, 6.07) is 11.9. The molecule has 33 heavy (non-hydrogen) atoms. The average Bonchev–Trinajstić information content (AvgIpc) is 2.80. The van der Waals surface area contributed by atoms with Gasteiger partial charge in [0.05, 0.1) is 18.3 Å². The van der Waals surface area contributed by atoms with Gasteiger partial charge in [-0.2, -0.15) is 4.31 Å². The highest BCUT2D eigenvalue weighted by atomic mass is 32.2. The van der Waals surface area contributed by atoms with Crippen molar-refractivity contribution in [2.75, 3.05) is 25.5 Å². The van der Waals surface area contributed by atoms with Gasteiger partial charge in [0.25, 0.3) is 5.91 Å². The molecule has 174 valence electrons. The molecule has 2 aromatic carbocycles. The molecule has 2 atom stereocenters. The van der Waals surface area contributed by atoms with Gasteiger partial charge in [0.1, 0.15) is 10.6 Å². The summed E-state index contributed by atoms with van der Waals surface area (Å²) in [7, 11) is -2.39. The Morgan fingerprint density at radius 3 is 2.55 bits per heavy atom. The Morgan fingerprint density at radius 2 is 1.85 bits per heavy atom. The van der Waals surface area contributed by atoms with Crippen LogP contribution >= 0.6 is 0 Å². The summed E-state index contributed by atoms with van der Waals surface area (Å²) in [6.07, 6.45) is 2.70. The summed E-state index contributed by atoms with van der Waals surface area (Å²) in [5.74, 6) is 0.361. The fourth-order valence-corrected chi connectivity index (χ4v) is 6.44. The molecule has 1 saturated heterocycles. The van der Waals surface area contributed by atoms with Crippen LogP contribution in [0.1, 0.15) is 36.2 Å². The summed E-state index contributed by atoms with van der Waals surface area (Å²) in [5, 5.41) is 3.73. The zero-order valence-corrected chi connectivity index (χ0v) is 20.1. The van der Waals surface area contributed by atoms with Gasteiger partial charge < -0.3 is 10.1 Å². The zero-order chi connectivity index (χ0) is 23.8. The first-order valence-electron chi connectivity index (χ1n) is 11.0. The Bertz CT molecular complexity index is 1300. The van der Waals surface area contributed by atoms with E-state index < -0.39 is 15.9 Å². The third kappa shape index (κ3) is 4.58. The molecule has 0 spiro atoms. The fraction of sp³-hybridized carbons (Fsp3) is 0.360. The van der Waals surface area contributed by atoms with E-state index in [2.05, 4.69) is 24.1 Å². The molecule has 4 rings (SSSR count). The Labute approximate surface area is 194 Å². The summed E-state index contributed by atoms with van der Waals surface area (Å²) < 4.78 is 33.9. The molecular weight excluding hydrogens is 438 g/mol. The van der Waals surface area contributed by atoms with Crippen molar-refractivity contribution in [3.63, 3.8) is 0 Å². The van der Waals surface area contributed by atoms with Crippen molar-refractivity contribution >= 4 is 32.5 Å². The number of carbonyl (C=O) groups is 1. The van der Waals surface area contributed by atoms with Gasteiger partial charge in [-0.15, -0.1) is 0 Å². The Kier molecular flexibility index (Phi) is 6.41. The van der Waals surface area contributed by atoms with E-state index in [0.29, 0.717) is 18.8 Å². The number of aryl methyl sites for hydroxylation is 1. The van der Waals surface area contributed by atoms with E-state index in [0.717, 1.165) is 22.9 Å². The van der Waals surface area contributed by atoms with E-state index in [4.69, 9.17) is 4.74 Å². The van der Waals surface area contributed by atoms with Crippen LogP contribution in [0, 0.1) is 18.8 Å². The molecule has 0 radical (unpaired) electrons. The zero-order valence-electron chi connectivity index (χ0n) is 19.3. The maximum atomic E-state index is 13.5. The van der Waals surface area contributed by atoms with Crippen LogP contribution in [0.3, 0.4) is 0 Å². The molecule has 0 aliphatic carbocycles. The molecule has 2 heterocycles. The highest BCUT2D eigenvalue weighted by Crippen LogP contribution is 2.32. The normalized spacial score (nSPS) is 19.4. The average molecular weight is 468 g/mol. The summed E-state index contributed by atoms with van der Waals surface area (Å²) in [5.41, 5.74) is 2.67. The number of carbonyl (C=O) groups excluding carboxylic acids is 1. The smallest absolute Gasteiger partial charge is 0.255 e. The fourth-order valence-electron chi connectivity index (χ4n) is 4.58. The monoisotopic (exact) mass is 467 g/mol. The van der Waals surface area contributed by atoms with E-state index in [1.807, 2.05) is 31.2 Å². The number of nitrogens with zero attached hydrogens (tertiary/aromatic N) is 2. The van der Waals surface area contributed by atoms with Crippen LogP contribution < -0.4 is 10.1 Å². The third-order valence-corrected chi connectivity index (χ3v) is 7.95. The molecule has 1 N–H and O–H groups in total. The number of amides is 1. The van der Waals surface area contributed by atoms with Crippen LogP contribution in [0.5, 0.6) is 5.75 Å². The number of methoxy groups -OCH3 is 1. The van der Waals surface area contributed by atoms with Crippen LogP contribution in [-0.2, 0) is 10.0 Å². The number of aromatic nitrogens is 1. The van der Waals surface area contributed by atoms with Crippen LogP contribution in [0.25, 0.3) is 10.9 Å². The lowest BCUT2D eigenvalue weighted by atomic mass is 9.94. The van der Waals surface area contributed by atoms with Gasteiger partial charge in [0.15, 0.2) is 0 Å². The Balaban J connectivity index is 1.68. The van der Waals surface area contributed by atoms with Crippen LogP contribution in [0.15, 0.2) is 53.6 Å². The number of rotatable bonds is 5. The van der Waals surface area contributed by atoms with Gasteiger partial charge in [0.2, 0.25) is 10.0 Å². The number of fused-ring (bicyclic) bond motifs is 1. The molecule has 1 fully saturated rings. The lowest BCUT2D eigenvalue weighted by Gasteiger charge is -2.34. The Morgan fingerprint density at radius 1 is 1.12 bits per heavy atom. The molecule has 1 aliphatic heterocycles. The van der Waals surface area contributed by atoms with Crippen molar-refractivity contribution in [3.8, 4) is 5.75 Å². The molecule has 7 nitrogen and oxygen atoms in total.